The maximum Gasteiger partial charge on any atom is 0.188 e. The molecule has 10 heteroatoms. The molecule has 10 nitrogen and oxygen atoms in total. The second kappa shape index (κ2) is 16.1. The average Bonchev–Trinajstić information content (AvgIpc) is 3.72. The van der Waals surface area contributed by atoms with Crippen LogP contribution in [0.25, 0.3) is 0 Å². The van der Waals surface area contributed by atoms with Crippen molar-refractivity contribution in [1.82, 2.24) is 10.6 Å². The smallest absolute Gasteiger partial charge is 0.188 e. The third-order valence-corrected chi connectivity index (χ3v) is 8.62. The van der Waals surface area contributed by atoms with Gasteiger partial charge < -0.3 is 31.3 Å². The number of carbonyl (C=O) groups is 2. The Labute approximate surface area is 260 Å². The summed E-state index contributed by atoms with van der Waals surface area (Å²) in [6, 6.07) is 12.4. The van der Waals surface area contributed by atoms with E-state index < -0.39 is 5.54 Å². The minimum absolute atomic E-state index is 0.0704. The van der Waals surface area contributed by atoms with Gasteiger partial charge in [-0.2, -0.15) is 0 Å². The van der Waals surface area contributed by atoms with Crippen LogP contribution in [-0.4, -0.2) is 59.6 Å². The number of aliphatic imine (C=N–C) groups is 1. The van der Waals surface area contributed by atoms with Crippen LogP contribution in [0.4, 0.5) is 0 Å². The van der Waals surface area contributed by atoms with Crippen LogP contribution >= 0.6 is 0 Å². The van der Waals surface area contributed by atoms with E-state index in [0.717, 1.165) is 56.4 Å². The Hall–Kier alpha value is -4.05. The largest absolute Gasteiger partial charge is 0.508 e. The molecule has 0 saturated heterocycles. The van der Waals surface area contributed by atoms with Crippen molar-refractivity contribution in [3.8, 4) is 17.2 Å². The SMILES string of the molecule is CN=C(N)NC(CCCC(=O)CC(=O)CCc1ccc(O)c(OC2CCCC2)c1)(CC[NH+]1C=CNC1)Cc1ccc(O)cc1. The Morgan fingerprint density at radius 1 is 1.07 bits per heavy atom. The molecule has 1 aliphatic heterocycles. The summed E-state index contributed by atoms with van der Waals surface area (Å²) in [5.41, 5.74) is 7.67. The average molecular weight is 607 g/mol. The van der Waals surface area contributed by atoms with Crippen molar-refractivity contribution < 1.29 is 29.4 Å². The second-order valence-corrected chi connectivity index (χ2v) is 12.2. The van der Waals surface area contributed by atoms with Crippen molar-refractivity contribution >= 4 is 17.5 Å². The van der Waals surface area contributed by atoms with Crippen LogP contribution in [0.3, 0.4) is 0 Å². The van der Waals surface area contributed by atoms with Crippen molar-refractivity contribution in [3.63, 3.8) is 0 Å². The highest BCUT2D eigenvalue weighted by molar-refractivity contribution is 5.99. The molecule has 1 fully saturated rings. The van der Waals surface area contributed by atoms with Crippen molar-refractivity contribution in [2.24, 2.45) is 10.7 Å². The Bertz CT molecular complexity index is 1310. The number of ether oxygens (including phenoxy) is 1. The summed E-state index contributed by atoms with van der Waals surface area (Å²) in [5, 5.41) is 26.7. The number of carbonyl (C=O) groups excluding carboxylic acids is 2. The number of rotatable bonds is 17. The summed E-state index contributed by atoms with van der Waals surface area (Å²) >= 11 is 0. The first-order valence-electron chi connectivity index (χ1n) is 15.8. The van der Waals surface area contributed by atoms with E-state index in [1.54, 1.807) is 31.3 Å². The normalized spacial score (nSPS) is 18.1. The van der Waals surface area contributed by atoms with Crippen LogP contribution < -0.4 is 26.0 Å². The van der Waals surface area contributed by atoms with E-state index >= 15 is 0 Å². The highest BCUT2D eigenvalue weighted by Gasteiger charge is 2.33. The minimum atomic E-state index is -0.467. The lowest BCUT2D eigenvalue weighted by Crippen LogP contribution is -3.07. The zero-order valence-electron chi connectivity index (χ0n) is 25.8. The number of phenols is 2. The van der Waals surface area contributed by atoms with E-state index in [9.17, 15) is 19.8 Å². The molecule has 2 atom stereocenters. The summed E-state index contributed by atoms with van der Waals surface area (Å²) in [6.07, 6.45) is 12.1. The van der Waals surface area contributed by atoms with Gasteiger partial charge in [-0.15, -0.1) is 0 Å². The third kappa shape index (κ3) is 10.3. The molecule has 1 aliphatic carbocycles. The molecule has 0 radical (unpaired) electrons. The van der Waals surface area contributed by atoms with E-state index in [1.165, 1.54) is 4.90 Å². The molecule has 0 spiro atoms. The summed E-state index contributed by atoms with van der Waals surface area (Å²) < 4.78 is 5.98. The maximum absolute atomic E-state index is 12.9. The molecule has 1 saturated carbocycles. The molecule has 2 aromatic carbocycles. The first kappa shape index (κ1) is 32.9. The zero-order chi connectivity index (χ0) is 31.4. The Morgan fingerprint density at radius 3 is 2.50 bits per heavy atom. The van der Waals surface area contributed by atoms with Crippen LogP contribution in [-0.2, 0) is 22.4 Å². The molecule has 238 valence electrons. The van der Waals surface area contributed by atoms with Gasteiger partial charge in [0, 0.05) is 31.8 Å². The predicted molar refractivity (Wildman–Crippen MR) is 171 cm³/mol. The van der Waals surface area contributed by atoms with Gasteiger partial charge in [-0.05, 0) is 86.8 Å². The summed E-state index contributed by atoms with van der Waals surface area (Å²) in [5.74, 6) is 0.961. The maximum atomic E-state index is 12.9. The fourth-order valence-corrected chi connectivity index (χ4v) is 6.10. The lowest BCUT2D eigenvalue weighted by Gasteiger charge is -2.36. The monoisotopic (exact) mass is 606 g/mol. The molecule has 4 rings (SSSR count). The van der Waals surface area contributed by atoms with Crippen molar-refractivity contribution in [2.45, 2.75) is 88.7 Å². The fraction of sp³-hybridized carbons (Fsp3) is 0.500. The third-order valence-electron chi connectivity index (χ3n) is 8.62. The van der Waals surface area contributed by atoms with Gasteiger partial charge in [0.15, 0.2) is 24.1 Å². The molecule has 44 heavy (non-hydrogen) atoms. The van der Waals surface area contributed by atoms with Crippen molar-refractivity contribution in [3.05, 3.63) is 66.0 Å². The van der Waals surface area contributed by atoms with E-state index in [0.29, 0.717) is 43.8 Å². The number of aryl methyl sites for hydroxylation is 1. The molecule has 0 amide bonds. The molecule has 2 unspecified atom stereocenters. The first-order valence-corrected chi connectivity index (χ1v) is 15.8. The number of quaternary nitrogens is 1. The van der Waals surface area contributed by atoms with Crippen LogP contribution in [0.15, 0.2) is 59.9 Å². The van der Waals surface area contributed by atoms with Gasteiger partial charge in [-0.1, -0.05) is 18.2 Å². The summed E-state index contributed by atoms with van der Waals surface area (Å²) in [6.45, 7) is 1.66. The number of hydrogen-bond acceptors (Lipinski definition) is 7. The van der Waals surface area contributed by atoms with Gasteiger partial charge in [0.25, 0.3) is 0 Å². The number of nitrogens with one attached hydrogen (secondary N) is 3. The summed E-state index contributed by atoms with van der Waals surface area (Å²) in [7, 11) is 1.64. The van der Waals surface area contributed by atoms with E-state index in [1.807, 2.05) is 24.4 Å². The number of benzene rings is 2. The number of guanidine groups is 1. The predicted octanol–water partition coefficient (Wildman–Crippen LogP) is 2.87. The number of Topliss-reactive ketones (excluding diaryl/α,β-unsaturated/α-hetero) is 2. The van der Waals surface area contributed by atoms with Gasteiger partial charge in [0.1, 0.15) is 23.5 Å². The van der Waals surface area contributed by atoms with Crippen LogP contribution in [0.5, 0.6) is 17.2 Å². The quantitative estimate of drug-likeness (QED) is 0.0914. The number of hydrogen-bond donors (Lipinski definition) is 6. The summed E-state index contributed by atoms with van der Waals surface area (Å²) in [4.78, 5) is 31.1. The van der Waals surface area contributed by atoms with Gasteiger partial charge in [0.05, 0.1) is 25.3 Å². The lowest BCUT2D eigenvalue weighted by molar-refractivity contribution is -0.843. The molecule has 0 aromatic heterocycles. The number of phenolic OH excluding ortho intramolecular Hbond substituents is 2. The van der Waals surface area contributed by atoms with Crippen molar-refractivity contribution in [1.29, 1.82) is 0 Å². The van der Waals surface area contributed by atoms with Gasteiger partial charge in [-0.25, -0.2) is 0 Å². The van der Waals surface area contributed by atoms with Crippen molar-refractivity contribution in [2.75, 3.05) is 20.3 Å². The van der Waals surface area contributed by atoms with Gasteiger partial charge in [-0.3, -0.25) is 19.5 Å². The van der Waals surface area contributed by atoms with E-state index in [-0.39, 0.29) is 42.0 Å². The number of nitrogens with two attached hydrogens (primary N) is 1. The second-order valence-electron chi connectivity index (χ2n) is 12.2. The highest BCUT2D eigenvalue weighted by atomic mass is 16.5. The van der Waals surface area contributed by atoms with E-state index in [4.69, 9.17) is 10.5 Å². The van der Waals surface area contributed by atoms with Gasteiger partial charge in [0.2, 0.25) is 0 Å². The number of aromatic hydroxyl groups is 2. The topological polar surface area (TPSA) is 151 Å². The molecular formula is C34H48N5O5+. The van der Waals surface area contributed by atoms with E-state index in [2.05, 4.69) is 21.8 Å². The first-order chi connectivity index (χ1) is 21.2. The Morgan fingerprint density at radius 2 is 1.80 bits per heavy atom. The molecule has 0 bridgehead atoms. The Balaban J connectivity index is 1.31. The highest BCUT2D eigenvalue weighted by Crippen LogP contribution is 2.32. The molecule has 2 aliphatic rings. The Kier molecular flexibility index (Phi) is 12.1. The molecule has 2 aromatic rings. The molecule has 7 N–H and O–H groups in total. The lowest BCUT2D eigenvalue weighted by atomic mass is 9.82. The fourth-order valence-electron chi connectivity index (χ4n) is 6.10. The minimum Gasteiger partial charge on any atom is -0.508 e. The van der Waals surface area contributed by atoms with Gasteiger partial charge >= 0.3 is 0 Å². The van der Waals surface area contributed by atoms with Crippen LogP contribution in [0.2, 0.25) is 0 Å². The molecule has 1 heterocycles. The molecular weight excluding hydrogens is 558 g/mol. The van der Waals surface area contributed by atoms with Crippen LogP contribution in [0, 0.1) is 0 Å². The standard InChI is InChI=1S/C34H47N5O5/c1-36-33(35)38-34(17-19-39-20-18-37-24-39,23-26-9-12-27(40)13-10-26)16-4-5-28(41)22-29(42)14-8-25-11-15-31(43)32(21-25)44-30-6-2-3-7-30/h9-13,15,18,20-21,30,37,40,43H,2-8,14,16-17,19,22-24H2,1H3,(H3,35,36,38)/p+1. The zero-order valence-corrected chi connectivity index (χ0v) is 25.8. The van der Waals surface area contributed by atoms with Crippen LogP contribution in [0.1, 0.15) is 75.3 Å². The number of ketones is 2. The number of nitrogens with zero attached hydrogens (tertiary/aromatic N) is 1.